The van der Waals surface area contributed by atoms with Gasteiger partial charge in [0.25, 0.3) is 0 Å². The summed E-state index contributed by atoms with van der Waals surface area (Å²) in [4.78, 5) is 24.9. The molecule has 3 nitrogen and oxygen atoms in total. The summed E-state index contributed by atoms with van der Waals surface area (Å²) < 4.78 is 0. The Hall–Kier alpha value is -0.860. The molecule has 0 radical (unpaired) electrons. The normalized spacial score (nSPS) is 32.1. The van der Waals surface area contributed by atoms with E-state index in [0.717, 1.165) is 31.6 Å². The van der Waals surface area contributed by atoms with Crippen LogP contribution in [-0.2, 0) is 9.59 Å². The van der Waals surface area contributed by atoms with Crippen molar-refractivity contribution < 1.29 is 9.59 Å². The summed E-state index contributed by atoms with van der Waals surface area (Å²) >= 11 is 0. The minimum Gasteiger partial charge on any atom is -0.335 e. The predicted molar refractivity (Wildman–Crippen MR) is 57.3 cm³/mol. The lowest BCUT2D eigenvalue weighted by Crippen LogP contribution is -2.36. The molecule has 0 aromatic carbocycles. The molecule has 1 amide bonds. The maximum atomic E-state index is 12.0. The number of ketones is 1. The van der Waals surface area contributed by atoms with E-state index in [1.54, 1.807) is 4.90 Å². The summed E-state index contributed by atoms with van der Waals surface area (Å²) in [6.07, 6.45) is 4.93. The zero-order valence-electron chi connectivity index (χ0n) is 9.37. The molecule has 1 heterocycles. The molecule has 0 unspecified atom stereocenters. The first kappa shape index (κ1) is 10.7. The quantitative estimate of drug-likeness (QED) is 0.658. The monoisotopic (exact) mass is 209 g/mol. The van der Waals surface area contributed by atoms with Gasteiger partial charge in [0, 0.05) is 18.9 Å². The van der Waals surface area contributed by atoms with Gasteiger partial charge in [-0.2, -0.15) is 0 Å². The molecular formula is C12H19NO2. The number of carbonyl (C=O) groups is 2. The molecule has 15 heavy (non-hydrogen) atoms. The fourth-order valence-corrected chi connectivity index (χ4v) is 2.58. The fraction of sp³-hybridized carbons (Fsp3) is 0.833. The first-order valence-corrected chi connectivity index (χ1v) is 5.97. The summed E-state index contributed by atoms with van der Waals surface area (Å²) in [6.45, 7) is 3.27. The van der Waals surface area contributed by atoms with E-state index < -0.39 is 0 Å². The van der Waals surface area contributed by atoms with Crippen LogP contribution < -0.4 is 0 Å². The van der Waals surface area contributed by atoms with Gasteiger partial charge in [-0.25, -0.2) is 0 Å². The summed E-state index contributed by atoms with van der Waals surface area (Å²) in [5.41, 5.74) is 0. The SMILES string of the molecule is CC1CCC(C(=O)N2CCC(=O)C2)CC1. The van der Waals surface area contributed by atoms with Gasteiger partial charge >= 0.3 is 0 Å². The standard InChI is InChI=1S/C12H19NO2/c1-9-2-4-10(5-3-9)12(15)13-7-6-11(14)8-13/h9-10H,2-8H2,1H3. The van der Waals surface area contributed by atoms with Gasteiger partial charge in [0.05, 0.1) is 6.54 Å². The van der Waals surface area contributed by atoms with Crippen molar-refractivity contribution in [3.8, 4) is 0 Å². The summed E-state index contributed by atoms with van der Waals surface area (Å²) in [5.74, 6) is 1.42. The Morgan fingerprint density at radius 3 is 2.47 bits per heavy atom. The zero-order chi connectivity index (χ0) is 10.8. The molecule has 0 N–H and O–H groups in total. The third-order valence-electron chi connectivity index (χ3n) is 3.70. The average Bonchev–Trinajstić information content (AvgIpc) is 2.65. The van der Waals surface area contributed by atoms with Crippen molar-refractivity contribution in [3.63, 3.8) is 0 Å². The second-order valence-corrected chi connectivity index (χ2v) is 5.01. The zero-order valence-corrected chi connectivity index (χ0v) is 9.37. The van der Waals surface area contributed by atoms with Crippen molar-refractivity contribution in [1.29, 1.82) is 0 Å². The van der Waals surface area contributed by atoms with Crippen LogP contribution in [0.4, 0.5) is 0 Å². The highest BCUT2D eigenvalue weighted by Gasteiger charge is 2.31. The van der Waals surface area contributed by atoms with E-state index in [1.165, 1.54) is 0 Å². The number of carbonyl (C=O) groups excluding carboxylic acids is 2. The Morgan fingerprint density at radius 1 is 1.27 bits per heavy atom. The van der Waals surface area contributed by atoms with Crippen LogP contribution in [-0.4, -0.2) is 29.7 Å². The van der Waals surface area contributed by atoms with Crippen molar-refractivity contribution in [2.24, 2.45) is 11.8 Å². The first-order valence-electron chi connectivity index (χ1n) is 5.97. The number of rotatable bonds is 1. The molecule has 1 saturated carbocycles. The second-order valence-electron chi connectivity index (χ2n) is 5.01. The predicted octanol–water partition coefficient (Wildman–Crippen LogP) is 1.61. The van der Waals surface area contributed by atoms with Gasteiger partial charge in [-0.05, 0) is 31.6 Å². The van der Waals surface area contributed by atoms with Crippen LogP contribution in [0.25, 0.3) is 0 Å². The maximum absolute atomic E-state index is 12.0. The minimum absolute atomic E-state index is 0.201. The smallest absolute Gasteiger partial charge is 0.226 e. The Kier molecular flexibility index (Phi) is 3.08. The van der Waals surface area contributed by atoms with Crippen molar-refractivity contribution >= 4 is 11.7 Å². The minimum atomic E-state index is 0.201. The molecule has 2 rings (SSSR count). The van der Waals surface area contributed by atoms with Crippen LogP contribution in [0.15, 0.2) is 0 Å². The maximum Gasteiger partial charge on any atom is 0.226 e. The van der Waals surface area contributed by atoms with Crippen LogP contribution in [0.5, 0.6) is 0 Å². The number of nitrogens with zero attached hydrogens (tertiary/aromatic N) is 1. The number of likely N-dealkylation sites (tertiary alicyclic amines) is 1. The number of hydrogen-bond donors (Lipinski definition) is 0. The largest absolute Gasteiger partial charge is 0.335 e. The summed E-state index contributed by atoms with van der Waals surface area (Å²) in [6, 6.07) is 0. The third-order valence-corrected chi connectivity index (χ3v) is 3.70. The fourth-order valence-electron chi connectivity index (χ4n) is 2.58. The van der Waals surface area contributed by atoms with E-state index in [9.17, 15) is 9.59 Å². The average molecular weight is 209 g/mol. The van der Waals surface area contributed by atoms with Gasteiger partial charge in [-0.3, -0.25) is 9.59 Å². The topological polar surface area (TPSA) is 37.4 Å². The van der Waals surface area contributed by atoms with E-state index in [2.05, 4.69) is 6.92 Å². The molecule has 0 spiro atoms. The molecular weight excluding hydrogens is 190 g/mol. The van der Waals surface area contributed by atoms with E-state index in [0.29, 0.717) is 19.5 Å². The van der Waals surface area contributed by atoms with Crippen LogP contribution in [0.3, 0.4) is 0 Å². The highest BCUT2D eigenvalue weighted by atomic mass is 16.2. The molecule has 2 aliphatic rings. The van der Waals surface area contributed by atoms with Gasteiger partial charge in [-0.1, -0.05) is 6.92 Å². The summed E-state index contributed by atoms with van der Waals surface area (Å²) in [5, 5.41) is 0. The van der Waals surface area contributed by atoms with Crippen molar-refractivity contribution in [3.05, 3.63) is 0 Å². The summed E-state index contributed by atoms with van der Waals surface area (Å²) in [7, 11) is 0. The van der Waals surface area contributed by atoms with Crippen LogP contribution in [0.2, 0.25) is 0 Å². The van der Waals surface area contributed by atoms with Gasteiger partial charge in [0.15, 0.2) is 5.78 Å². The highest BCUT2D eigenvalue weighted by Crippen LogP contribution is 2.30. The Bertz CT molecular complexity index is 267. The number of hydrogen-bond acceptors (Lipinski definition) is 2. The third kappa shape index (κ3) is 2.39. The molecule has 1 saturated heterocycles. The molecule has 2 fully saturated rings. The Labute approximate surface area is 90.8 Å². The van der Waals surface area contributed by atoms with Crippen LogP contribution >= 0.6 is 0 Å². The van der Waals surface area contributed by atoms with Gasteiger partial charge in [-0.15, -0.1) is 0 Å². The van der Waals surface area contributed by atoms with Crippen LogP contribution in [0.1, 0.15) is 39.0 Å². The van der Waals surface area contributed by atoms with E-state index in [1.807, 2.05) is 0 Å². The highest BCUT2D eigenvalue weighted by molar-refractivity contribution is 5.90. The van der Waals surface area contributed by atoms with Gasteiger partial charge in [0.2, 0.25) is 5.91 Å². The molecule has 0 aromatic heterocycles. The Balaban J connectivity index is 1.88. The molecule has 0 aromatic rings. The van der Waals surface area contributed by atoms with Crippen molar-refractivity contribution in [1.82, 2.24) is 4.90 Å². The molecule has 1 aliphatic heterocycles. The molecule has 0 bridgehead atoms. The molecule has 1 aliphatic carbocycles. The number of Topliss-reactive ketones (excluding diaryl/α,β-unsaturated/α-hetero) is 1. The lowest BCUT2D eigenvalue weighted by Gasteiger charge is -2.28. The lowest BCUT2D eigenvalue weighted by atomic mass is 9.82. The van der Waals surface area contributed by atoms with E-state index in [4.69, 9.17) is 0 Å². The van der Waals surface area contributed by atoms with Gasteiger partial charge in [0.1, 0.15) is 0 Å². The second kappa shape index (κ2) is 4.33. The van der Waals surface area contributed by atoms with Crippen LogP contribution in [0, 0.1) is 11.8 Å². The lowest BCUT2D eigenvalue weighted by molar-refractivity contribution is -0.136. The van der Waals surface area contributed by atoms with E-state index in [-0.39, 0.29) is 17.6 Å². The van der Waals surface area contributed by atoms with Crippen molar-refractivity contribution in [2.75, 3.05) is 13.1 Å². The number of amides is 1. The van der Waals surface area contributed by atoms with Gasteiger partial charge < -0.3 is 4.90 Å². The molecule has 3 heteroatoms. The van der Waals surface area contributed by atoms with Crippen molar-refractivity contribution in [2.45, 2.75) is 39.0 Å². The first-order chi connectivity index (χ1) is 7.16. The Morgan fingerprint density at radius 2 is 1.93 bits per heavy atom. The van der Waals surface area contributed by atoms with E-state index >= 15 is 0 Å². The molecule has 84 valence electrons. The molecule has 0 atom stereocenters.